The fraction of sp³-hybridized carbons (Fsp3) is 0.100. The van der Waals surface area contributed by atoms with Crippen LogP contribution in [0.15, 0.2) is 36.6 Å². The third-order valence-corrected chi connectivity index (χ3v) is 1.38. The number of benzene rings is 1. The molecule has 0 bridgehead atoms. The maximum atomic E-state index is 10.5. The molecule has 0 radical (unpaired) electrons. The summed E-state index contributed by atoms with van der Waals surface area (Å²) in [5, 5.41) is 0. The van der Waals surface area contributed by atoms with Crippen LogP contribution in [0.4, 0.5) is 0 Å². The second-order valence-electron chi connectivity index (χ2n) is 2.24. The molecule has 0 aromatic heterocycles. The molecule has 12 heavy (non-hydrogen) atoms. The molecule has 0 fully saturated rings. The number of rotatable bonds is 3. The first kappa shape index (κ1) is 8.53. The van der Waals surface area contributed by atoms with Crippen molar-refractivity contribution < 1.29 is 9.53 Å². The zero-order valence-corrected chi connectivity index (χ0v) is 6.86. The lowest BCUT2D eigenvalue weighted by atomic mass is 10.2. The van der Waals surface area contributed by atoms with Crippen molar-refractivity contribution in [2.45, 2.75) is 6.92 Å². The quantitative estimate of drug-likeness (QED) is 0.504. The van der Waals surface area contributed by atoms with Crippen LogP contribution in [0, 0.1) is 0 Å². The first-order valence-electron chi connectivity index (χ1n) is 3.70. The molecule has 1 rings (SSSR count). The van der Waals surface area contributed by atoms with Crippen LogP contribution < -0.4 is 4.74 Å². The van der Waals surface area contributed by atoms with Crippen LogP contribution in [0.2, 0.25) is 0 Å². The SMILES string of the molecule is CC=COc1ccccc1C=O. The Balaban J connectivity index is 2.89. The lowest BCUT2D eigenvalue weighted by Crippen LogP contribution is -1.87. The molecule has 0 aliphatic rings. The van der Waals surface area contributed by atoms with Crippen LogP contribution in [-0.2, 0) is 0 Å². The summed E-state index contributed by atoms with van der Waals surface area (Å²) >= 11 is 0. The van der Waals surface area contributed by atoms with E-state index in [1.54, 1.807) is 30.5 Å². The molecule has 0 saturated heterocycles. The highest BCUT2D eigenvalue weighted by molar-refractivity contribution is 5.79. The summed E-state index contributed by atoms with van der Waals surface area (Å²) in [4.78, 5) is 10.5. The van der Waals surface area contributed by atoms with Gasteiger partial charge in [0, 0.05) is 0 Å². The van der Waals surface area contributed by atoms with E-state index in [9.17, 15) is 4.79 Å². The first-order valence-corrected chi connectivity index (χ1v) is 3.70. The molecule has 1 aromatic rings. The molecule has 0 aliphatic heterocycles. The zero-order chi connectivity index (χ0) is 8.81. The minimum absolute atomic E-state index is 0.565. The molecular weight excluding hydrogens is 152 g/mol. The lowest BCUT2D eigenvalue weighted by Gasteiger charge is -2.01. The van der Waals surface area contributed by atoms with Crippen molar-refractivity contribution in [3.05, 3.63) is 42.2 Å². The minimum atomic E-state index is 0.565. The van der Waals surface area contributed by atoms with E-state index >= 15 is 0 Å². The molecule has 0 unspecified atom stereocenters. The summed E-state index contributed by atoms with van der Waals surface area (Å²) in [6.45, 7) is 1.85. The standard InChI is InChI=1S/C10H10O2/c1-2-7-12-10-6-4-3-5-9(10)8-11/h2-8H,1H3. The molecule has 2 heteroatoms. The number of carbonyl (C=O) groups is 1. The van der Waals surface area contributed by atoms with E-state index < -0.39 is 0 Å². The van der Waals surface area contributed by atoms with E-state index in [4.69, 9.17) is 4.74 Å². The molecule has 1 aromatic carbocycles. The predicted molar refractivity (Wildman–Crippen MR) is 47.3 cm³/mol. The Labute approximate surface area is 71.5 Å². The Morgan fingerprint density at radius 3 is 2.75 bits per heavy atom. The smallest absolute Gasteiger partial charge is 0.153 e. The Hall–Kier alpha value is -1.57. The number of hydrogen-bond donors (Lipinski definition) is 0. The summed E-state index contributed by atoms with van der Waals surface area (Å²) < 4.78 is 5.17. The largest absolute Gasteiger partial charge is 0.465 e. The fourth-order valence-corrected chi connectivity index (χ4v) is 0.827. The molecule has 2 nitrogen and oxygen atoms in total. The van der Waals surface area contributed by atoms with E-state index in [1.165, 1.54) is 0 Å². The second kappa shape index (κ2) is 4.34. The summed E-state index contributed by atoms with van der Waals surface area (Å²) in [6.07, 6.45) is 4.09. The highest BCUT2D eigenvalue weighted by Gasteiger charge is 1.97. The van der Waals surface area contributed by atoms with Crippen molar-refractivity contribution in [1.29, 1.82) is 0 Å². The van der Waals surface area contributed by atoms with E-state index in [0.29, 0.717) is 11.3 Å². The van der Waals surface area contributed by atoms with Crippen LogP contribution >= 0.6 is 0 Å². The first-order chi connectivity index (χ1) is 5.88. The van der Waals surface area contributed by atoms with Gasteiger partial charge in [0.2, 0.25) is 0 Å². The summed E-state index contributed by atoms with van der Waals surface area (Å²) in [5.74, 6) is 0.589. The van der Waals surface area contributed by atoms with Gasteiger partial charge in [0.1, 0.15) is 5.75 Å². The lowest BCUT2D eigenvalue weighted by molar-refractivity contribution is 0.112. The fourth-order valence-electron chi connectivity index (χ4n) is 0.827. The Kier molecular flexibility index (Phi) is 3.08. The minimum Gasteiger partial charge on any atom is -0.465 e. The number of allylic oxidation sites excluding steroid dienone is 1. The zero-order valence-electron chi connectivity index (χ0n) is 6.86. The molecule has 0 heterocycles. The van der Waals surface area contributed by atoms with Gasteiger partial charge in [-0.25, -0.2) is 0 Å². The van der Waals surface area contributed by atoms with Gasteiger partial charge >= 0.3 is 0 Å². The molecule has 0 atom stereocenters. The Morgan fingerprint density at radius 1 is 1.33 bits per heavy atom. The highest BCUT2D eigenvalue weighted by atomic mass is 16.5. The van der Waals surface area contributed by atoms with Crippen LogP contribution in [0.5, 0.6) is 5.75 Å². The van der Waals surface area contributed by atoms with Crippen LogP contribution in [0.25, 0.3) is 0 Å². The normalized spacial score (nSPS) is 10.1. The van der Waals surface area contributed by atoms with Gasteiger partial charge in [0.05, 0.1) is 11.8 Å². The number of ether oxygens (including phenoxy) is 1. The van der Waals surface area contributed by atoms with Gasteiger partial charge in [-0.05, 0) is 19.1 Å². The monoisotopic (exact) mass is 162 g/mol. The van der Waals surface area contributed by atoms with Crippen molar-refractivity contribution in [3.63, 3.8) is 0 Å². The molecule has 0 spiro atoms. The van der Waals surface area contributed by atoms with Crippen molar-refractivity contribution >= 4 is 6.29 Å². The Morgan fingerprint density at radius 2 is 2.08 bits per heavy atom. The van der Waals surface area contributed by atoms with Gasteiger partial charge in [-0.1, -0.05) is 18.2 Å². The van der Waals surface area contributed by atoms with Gasteiger partial charge in [0.25, 0.3) is 0 Å². The summed E-state index contributed by atoms with van der Waals surface area (Å²) in [6, 6.07) is 7.09. The van der Waals surface area contributed by atoms with Crippen LogP contribution in [0.1, 0.15) is 17.3 Å². The molecule has 0 N–H and O–H groups in total. The van der Waals surface area contributed by atoms with Crippen molar-refractivity contribution in [2.24, 2.45) is 0 Å². The average molecular weight is 162 g/mol. The van der Waals surface area contributed by atoms with Gasteiger partial charge in [-0.15, -0.1) is 0 Å². The second-order valence-corrected chi connectivity index (χ2v) is 2.24. The molecule has 0 aliphatic carbocycles. The number of aldehydes is 1. The van der Waals surface area contributed by atoms with Crippen molar-refractivity contribution in [1.82, 2.24) is 0 Å². The topological polar surface area (TPSA) is 26.3 Å². The summed E-state index contributed by atoms with van der Waals surface area (Å²) in [5.41, 5.74) is 0.565. The van der Waals surface area contributed by atoms with E-state index in [-0.39, 0.29) is 0 Å². The average Bonchev–Trinajstić information content (AvgIpc) is 2.15. The van der Waals surface area contributed by atoms with Gasteiger partial charge in [-0.3, -0.25) is 4.79 Å². The number of carbonyl (C=O) groups excluding carboxylic acids is 1. The molecule has 0 saturated carbocycles. The maximum absolute atomic E-state index is 10.5. The predicted octanol–water partition coefficient (Wildman–Crippen LogP) is 2.41. The van der Waals surface area contributed by atoms with Crippen molar-refractivity contribution in [3.8, 4) is 5.75 Å². The third kappa shape index (κ3) is 1.95. The highest BCUT2D eigenvalue weighted by Crippen LogP contribution is 2.15. The van der Waals surface area contributed by atoms with Crippen molar-refractivity contribution in [2.75, 3.05) is 0 Å². The molecule has 62 valence electrons. The van der Waals surface area contributed by atoms with Gasteiger partial charge in [0.15, 0.2) is 6.29 Å². The van der Waals surface area contributed by atoms with E-state index in [0.717, 1.165) is 6.29 Å². The van der Waals surface area contributed by atoms with E-state index in [1.807, 2.05) is 13.0 Å². The number of hydrogen-bond acceptors (Lipinski definition) is 2. The van der Waals surface area contributed by atoms with Crippen LogP contribution in [0.3, 0.4) is 0 Å². The maximum Gasteiger partial charge on any atom is 0.153 e. The van der Waals surface area contributed by atoms with Crippen LogP contribution in [-0.4, -0.2) is 6.29 Å². The summed E-state index contributed by atoms with van der Waals surface area (Å²) in [7, 11) is 0. The Bertz CT molecular complexity index is 290. The third-order valence-electron chi connectivity index (χ3n) is 1.38. The van der Waals surface area contributed by atoms with E-state index in [2.05, 4.69) is 0 Å². The van der Waals surface area contributed by atoms with Gasteiger partial charge < -0.3 is 4.74 Å². The number of para-hydroxylation sites is 1. The molecular formula is C10H10O2. The molecule has 0 amide bonds. The van der Waals surface area contributed by atoms with Gasteiger partial charge in [-0.2, -0.15) is 0 Å².